The van der Waals surface area contributed by atoms with E-state index in [1.54, 1.807) is 7.11 Å². The van der Waals surface area contributed by atoms with E-state index in [4.69, 9.17) is 9.47 Å². The highest BCUT2D eigenvalue weighted by atomic mass is 32.1. The van der Waals surface area contributed by atoms with Crippen molar-refractivity contribution in [2.45, 2.75) is 32.9 Å². The third kappa shape index (κ3) is 3.49. The summed E-state index contributed by atoms with van der Waals surface area (Å²) in [6.07, 6.45) is 1.93. The van der Waals surface area contributed by atoms with Crippen LogP contribution in [0.3, 0.4) is 0 Å². The molecule has 0 aliphatic heterocycles. The molecule has 7 heteroatoms. The summed E-state index contributed by atoms with van der Waals surface area (Å²) in [7, 11) is 1.59. The fourth-order valence-corrected chi connectivity index (χ4v) is 2.52. The van der Waals surface area contributed by atoms with Crippen molar-refractivity contribution in [1.82, 2.24) is 14.7 Å². The van der Waals surface area contributed by atoms with Gasteiger partial charge in [0.05, 0.1) is 13.7 Å². The maximum Gasteiger partial charge on any atom is 0.320 e. The Hall–Kier alpha value is -1.60. The average Bonchev–Trinajstić information content (AvgIpc) is 2.88. The Balaban J connectivity index is 1.95. The number of nitrogens with zero attached hydrogens (tertiary/aromatic N) is 2. The molecule has 0 aliphatic rings. The van der Waals surface area contributed by atoms with E-state index >= 15 is 0 Å². The first-order chi connectivity index (χ1) is 9.40. The molecule has 0 saturated heterocycles. The van der Waals surface area contributed by atoms with Crippen LogP contribution in [0.5, 0.6) is 5.88 Å². The van der Waals surface area contributed by atoms with Gasteiger partial charge in [-0.15, -0.1) is 11.3 Å². The van der Waals surface area contributed by atoms with Crippen molar-refractivity contribution in [3.8, 4) is 5.88 Å². The molecular formula is C13H19N3O3S. The molecule has 2 aromatic heterocycles. The highest BCUT2D eigenvalue weighted by molar-refractivity contribution is 7.15. The summed E-state index contributed by atoms with van der Waals surface area (Å²) in [5.74, 6) is 0.302. The molecule has 0 unspecified atom stereocenters. The molecule has 2 heterocycles. The Morgan fingerprint density at radius 2 is 2.25 bits per heavy atom. The summed E-state index contributed by atoms with van der Waals surface area (Å²) in [5.41, 5.74) is 0.431. The number of nitrogens with one attached hydrogen (secondary N) is 1. The Kier molecular flexibility index (Phi) is 4.29. The first-order valence-corrected chi connectivity index (χ1v) is 7.19. The van der Waals surface area contributed by atoms with Crippen molar-refractivity contribution in [1.29, 1.82) is 0 Å². The Bertz CT molecular complexity index is 598. The summed E-state index contributed by atoms with van der Waals surface area (Å²) in [6, 6.07) is 0. The zero-order chi connectivity index (χ0) is 14.8. The third-order valence-corrected chi connectivity index (χ3v) is 3.26. The molecule has 0 amide bonds. The van der Waals surface area contributed by atoms with Crippen LogP contribution >= 0.6 is 11.3 Å². The van der Waals surface area contributed by atoms with Crippen LogP contribution in [0.4, 0.5) is 0 Å². The Morgan fingerprint density at radius 3 is 2.90 bits per heavy atom. The maximum absolute atomic E-state index is 11.6. The SMILES string of the molecule is COc1nc2sccn2c1CNCC(=O)OC(C)(C)C. The van der Waals surface area contributed by atoms with Crippen molar-refractivity contribution in [2.75, 3.05) is 13.7 Å². The van der Waals surface area contributed by atoms with Crippen LogP contribution < -0.4 is 10.1 Å². The van der Waals surface area contributed by atoms with E-state index in [-0.39, 0.29) is 12.5 Å². The normalized spacial score (nSPS) is 11.8. The van der Waals surface area contributed by atoms with Crippen LogP contribution in [0, 0.1) is 0 Å². The van der Waals surface area contributed by atoms with Gasteiger partial charge in [-0.1, -0.05) is 0 Å². The van der Waals surface area contributed by atoms with Crippen LogP contribution in [0.1, 0.15) is 26.5 Å². The molecule has 0 aromatic carbocycles. The number of esters is 1. The molecule has 0 aliphatic carbocycles. The highest BCUT2D eigenvalue weighted by Crippen LogP contribution is 2.22. The second-order valence-corrected chi connectivity index (χ2v) is 6.19. The van der Waals surface area contributed by atoms with Crippen LogP contribution in [-0.4, -0.2) is 34.6 Å². The third-order valence-electron chi connectivity index (χ3n) is 2.50. The summed E-state index contributed by atoms with van der Waals surface area (Å²) >= 11 is 1.54. The number of imidazole rings is 1. The van der Waals surface area contributed by atoms with E-state index in [2.05, 4.69) is 10.3 Å². The summed E-state index contributed by atoms with van der Waals surface area (Å²) in [5, 5.41) is 5.01. The lowest BCUT2D eigenvalue weighted by molar-refractivity contribution is -0.153. The molecule has 2 rings (SSSR count). The highest BCUT2D eigenvalue weighted by Gasteiger charge is 2.17. The van der Waals surface area contributed by atoms with Crippen LogP contribution in [-0.2, 0) is 16.1 Å². The average molecular weight is 297 g/mol. The van der Waals surface area contributed by atoms with Gasteiger partial charge in [-0.3, -0.25) is 9.20 Å². The fraction of sp³-hybridized carbons (Fsp3) is 0.538. The van der Waals surface area contributed by atoms with E-state index in [1.807, 2.05) is 36.7 Å². The monoisotopic (exact) mass is 297 g/mol. The molecule has 6 nitrogen and oxygen atoms in total. The molecule has 110 valence electrons. The van der Waals surface area contributed by atoms with Crippen LogP contribution in [0.15, 0.2) is 11.6 Å². The minimum Gasteiger partial charge on any atom is -0.480 e. The number of methoxy groups -OCH3 is 1. The standard InChI is InChI=1S/C13H19N3O3S/c1-13(2,3)19-10(17)8-14-7-9-11(18-4)15-12-16(9)5-6-20-12/h5-6,14H,7-8H2,1-4H3. The second kappa shape index (κ2) is 5.80. The fourth-order valence-electron chi connectivity index (χ4n) is 1.80. The molecule has 2 aromatic rings. The Morgan fingerprint density at radius 1 is 1.50 bits per heavy atom. The van der Waals surface area contributed by atoms with E-state index in [1.165, 1.54) is 11.3 Å². The topological polar surface area (TPSA) is 64.9 Å². The summed E-state index contributed by atoms with van der Waals surface area (Å²) in [4.78, 5) is 16.8. The molecule has 1 N–H and O–H groups in total. The second-order valence-electron chi connectivity index (χ2n) is 5.31. The van der Waals surface area contributed by atoms with E-state index in [9.17, 15) is 4.79 Å². The predicted molar refractivity (Wildman–Crippen MR) is 77.2 cm³/mol. The number of carbonyl (C=O) groups excluding carboxylic acids is 1. The van der Waals surface area contributed by atoms with Crippen molar-refractivity contribution in [2.24, 2.45) is 0 Å². The zero-order valence-electron chi connectivity index (χ0n) is 12.1. The largest absolute Gasteiger partial charge is 0.480 e. The molecule has 0 atom stereocenters. The number of aromatic nitrogens is 2. The van der Waals surface area contributed by atoms with Crippen molar-refractivity contribution in [3.63, 3.8) is 0 Å². The van der Waals surface area contributed by atoms with Crippen molar-refractivity contribution in [3.05, 3.63) is 17.3 Å². The van der Waals surface area contributed by atoms with Gasteiger partial charge in [0, 0.05) is 18.1 Å². The number of rotatable bonds is 5. The minimum absolute atomic E-state index is 0.151. The molecule has 0 bridgehead atoms. The number of hydrogen-bond donors (Lipinski definition) is 1. The smallest absolute Gasteiger partial charge is 0.320 e. The number of carbonyl (C=O) groups is 1. The van der Waals surface area contributed by atoms with Crippen molar-refractivity contribution >= 4 is 22.3 Å². The molecule has 0 spiro atoms. The lowest BCUT2D eigenvalue weighted by Gasteiger charge is -2.19. The molecule has 0 fully saturated rings. The van der Waals surface area contributed by atoms with E-state index in [0.717, 1.165) is 10.7 Å². The maximum atomic E-state index is 11.6. The summed E-state index contributed by atoms with van der Waals surface area (Å²) in [6.45, 7) is 6.18. The quantitative estimate of drug-likeness (QED) is 0.853. The van der Waals surface area contributed by atoms with Gasteiger partial charge in [0.1, 0.15) is 11.3 Å². The van der Waals surface area contributed by atoms with Gasteiger partial charge in [-0.25, -0.2) is 0 Å². The van der Waals surface area contributed by atoms with Gasteiger partial charge < -0.3 is 14.8 Å². The first kappa shape index (κ1) is 14.8. The predicted octanol–water partition coefficient (Wildman–Crippen LogP) is 1.84. The minimum atomic E-state index is -0.465. The van der Waals surface area contributed by atoms with Gasteiger partial charge >= 0.3 is 5.97 Å². The molecule has 0 radical (unpaired) electrons. The first-order valence-electron chi connectivity index (χ1n) is 6.31. The van der Waals surface area contributed by atoms with Gasteiger partial charge in [0.25, 0.3) is 0 Å². The van der Waals surface area contributed by atoms with Crippen molar-refractivity contribution < 1.29 is 14.3 Å². The zero-order valence-corrected chi connectivity index (χ0v) is 12.9. The van der Waals surface area contributed by atoms with Crippen LogP contribution in [0.2, 0.25) is 0 Å². The molecular weight excluding hydrogens is 278 g/mol. The van der Waals surface area contributed by atoms with E-state index < -0.39 is 5.60 Å². The number of hydrogen-bond acceptors (Lipinski definition) is 6. The van der Waals surface area contributed by atoms with Gasteiger partial charge in [0.2, 0.25) is 5.88 Å². The van der Waals surface area contributed by atoms with Gasteiger partial charge in [0.15, 0.2) is 4.96 Å². The van der Waals surface area contributed by atoms with E-state index in [0.29, 0.717) is 12.4 Å². The summed E-state index contributed by atoms with van der Waals surface area (Å²) < 4.78 is 12.4. The van der Waals surface area contributed by atoms with Crippen LogP contribution in [0.25, 0.3) is 4.96 Å². The lowest BCUT2D eigenvalue weighted by atomic mass is 10.2. The number of fused-ring (bicyclic) bond motifs is 1. The molecule has 20 heavy (non-hydrogen) atoms. The molecule has 0 saturated carbocycles. The lowest BCUT2D eigenvalue weighted by Crippen LogP contribution is -2.31. The number of thiazole rings is 1. The Labute approximate surface area is 121 Å². The van der Waals surface area contributed by atoms with Gasteiger partial charge in [-0.2, -0.15) is 4.98 Å². The van der Waals surface area contributed by atoms with Gasteiger partial charge in [-0.05, 0) is 20.8 Å². The number of ether oxygens (including phenoxy) is 2.